The number of nitrogens with one attached hydrogen (secondary N) is 1. The molecule has 0 saturated heterocycles. The first-order chi connectivity index (χ1) is 10.5. The van der Waals surface area contributed by atoms with Crippen molar-refractivity contribution in [3.05, 3.63) is 41.1 Å². The largest absolute Gasteiger partial charge is 0.497 e. The fraction of sp³-hybridized carbons (Fsp3) is 0.250. The zero-order valence-electron chi connectivity index (χ0n) is 12.6. The highest BCUT2D eigenvalue weighted by atomic mass is 35.5. The molecule has 1 aromatic heterocycles. The maximum Gasteiger partial charge on any atom is 0.240 e. The van der Waals surface area contributed by atoms with Crippen LogP contribution in [0.4, 0.5) is 5.82 Å². The number of halogens is 1. The molecular formula is C16H16ClN3O2. The van der Waals surface area contributed by atoms with Gasteiger partial charge in [-0.05, 0) is 43.7 Å². The van der Waals surface area contributed by atoms with E-state index in [0.29, 0.717) is 11.4 Å². The van der Waals surface area contributed by atoms with Crippen LogP contribution < -0.4 is 10.1 Å². The molecule has 2 aromatic rings. The Bertz CT molecular complexity index is 742. The fourth-order valence-corrected chi connectivity index (χ4v) is 2.35. The van der Waals surface area contributed by atoms with E-state index in [1.54, 1.807) is 7.11 Å². The lowest BCUT2D eigenvalue weighted by atomic mass is 10.2. The van der Waals surface area contributed by atoms with E-state index < -0.39 is 0 Å². The second kappa shape index (κ2) is 6.54. The number of aromatic nitrogens is 1. The lowest BCUT2D eigenvalue weighted by molar-refractivity contribution is -0.113. The quantitative estimate of drug-likeness (QED) is 0.881. The van der Waals surface area contributed by atoms with E-state index in [9.17, 15) is 10.1 Å². The van der Waals surface area contributed by atoms with Crippen LogP contribution in [0.3, 0.4) is 0 Å². The first-order valence-electron chi connectivity index (χ1n) is 6.65. The number of alkyl halides is 1. The number of amides is 1. The number of carbonyl (C=O) groups is 1. The van der Waals surface area contributed by atoms with Crippen molar-refractivity contribution in [3.8, 4) is 17.5 Å². The van der Waals surface area contributed by atoms with Crippen LogP contribution in [0.1, 0.15) is 16.8 Å². The second-order valence-electron chi connectivity index (χ2n) is 4.76. The predicted octanol–water partition coefficient (Wildman–Crippen LogP) is 3.15. The van der Waals surface area contributed by atoms with Crippen LogP contribution in [-0.4, -0.2) is 23.5 Å². The minimum atomic E-state index is -0.356. The summed E-state index contributed by atoms with van der Waals surface area (Å²) >= 11 is 5.56. The molecule has 1 aromatic carbocycles. The molecule has 6 heteroatoms. The number of methoxy groups -OCH3 is 1. The van der Waals surface area contributed by atoms with Crippen LogP contribution in [0.2, 0.25) is 0 Å². The van der Waals surface area contributed by atoms with Gasteiger partial charge in [0.1, 0.15) is 23.5 Å². The van der Waals surface area contributed by atoms with Crippen molar-refractivity contribution in [3.63, 3.8) is 0 Å². The van der Waals surface area contributed by atoms with E-state index in [0.717, 1.165) is 22.7 Å². The van der Waals surface area contributed by atoms with E-state index in [4.69, 9.17) is 16.3 Å². The van der Waals surface area contributed by atoms with Gasteiger partial charge in [0.05, 0.1) is 12.7 Å². The van der Waals surface area contributed by atoms with Gasteiger partial charge in [-0.1, -0.05) is 0 Å². The molecule has 0 fully saturated rings. The Morgan fingerprint density at radius 1 is 1.36 bits per heavy atom. The van der Waals surface area contributed by atoms with Gasteiger partial charge in [0.15, 0.2) is 0 Å². The molecule has 1 N–H and O–H groups in total. The molecule has 22 heavy (non-hydrogen) atoms. The third kappa shape index (κ3) is 2.78. The average Bonchev–Trinajstić information content (AvgIpc) is 2.78. The van der Waals surface area contributed by atoms with Crippen LogP contribution in [0, 0.1) is 25.2 Å². The Morgan fingerprint density at radius 2 is 2.00 bits per heavy atom. The Morgan fingerprint density at radius 3 is 2.50 bits per heavy atom. The number of ether oxygens (including phenoxy) is 1. The van der Waals surface area contributed by atoms with Gasteiger partial charge in [-0.2, -0.15) is 5.26 Å². The minimum absolute atomic E-state index is 0.170. The minimum Gasteiger partial charge on any atom is -0.497 e. The third-order valence-corrected chi connectivity index (χ3v) is 3.78. The van der Waals surface area contributed by atoms with Crippen molar-refractivity contribution in [2.75, 3.05) is 18.3 Å². The van der Waals surface area contributed by atoms with Gasteiger partial charge in [-0.3, -0.25) is 9.36 Å². The first-order valence-corrected chi connectivity index (χ1v) is 7.19. The summed E-state index contributed by atoms with van der Waals surface area (Å²) in [5, 5.41) is 12.1. The summed E-state index contributed by atoms with van der Waals surface area (Å²) in [6, 6.07) is 9.52. The summed E-state index contributed by atoms with van der Waals surface area (Å²) in [5.41, 5.74) is 2.97. The van der Waals surface area contributed by atoms with Gasteiger partial charge in [0.25, 0.3) is 0 Å². The van der Waals surface area contributed by atoms with Crippen molar-refractivity contribution in [2.45, 2.75) is 13.8 Å². The van der Waals surface area contributed by atoms with Crippen molar-refractivity contribution in [2.24, 2.45) is 0 Å². The number of nitriles is 1. The number of hydrogen-bond donors (Lipinski definition) is 1. The third-order valence-electron chi connectivity index (χ3n) is 3.54. The molecule has 0 unspecified atom stereocenters. The monoisotopic (exact) mass is 317 g/mol. The van der Waals surface area contributed by atoms with E-state index >= 15 is 0 Å². The molecule has 5 nitrogen and oxygen atoms in total. The Hall–Kier alpha value is -2.45. The summed E-state index contributed by atoms with van der Waals surface area (Å²) < 4.78 is 6.98. The maximum atomic E-state index is 11.7. The molecule has 0 aliphatic rings. The molecule has 0 bridgehead atoms. The van der Waals surface area contributed by atoms with Crippen molar-refractivity contribution >= 4 is 23.3 Å². The van der Waals surface area contributed by atoms with Gasteiger partial charge in [-0.15, -0.1) is 11.6 Å². The molecule has 0 aliphatic carbocycles. The highest BCUT2D eigenvalue weighted by Crippen LogP contribution is 2.30. The molecule has 0 aliphatic heterocycles. The fourth-order valence-electron chi connectivity index (χ4n) is 2.28. The number of hydrogen-bond acceptors (Lipinski definition) is 3. The van der Waals surface area contributed by atoms with Crippen LogP contribution in [-0.2, 0) is 4.79 Å². The van der Waals surface area contributed by atoms with Crippen LogP contribution in [0.15, 0.2) is 24.3 Å². The Balaban J connectivity index is 2.62. The molecule has 0 spiro atoms. The van der Waals surface area contributed by atoms with Gasteiger partial charge in [0, 0.05) is 11.4 Å². The first kappa shape index (κ1) is 15.9. The number of benzene rings is 1. The number of nitrogens with zero attached hydrogens (tertiary/aromatic N) is 2. The Labute approximate surface area is 134 Å². The van der Waals surface area contributed by atoms with Gasteiger partial charge in [0.2, 0.25) is 5.91 Å². The number of rotatable bonds is 4. The van der Waals surface area contributed by atoms with E-state index in [-0.39, 0.29) is 11.8 Å². The molecular weight excluding hydrogens is 302 g/mol. The topological polar surface area (TPSA) is 67.1 Å². The van der Waals surface area contributed by atoms with E-state index in [1.165, 1.54) is 0 Å². The lowest BCUT2D eigenvalue weighted by Crippen LogP contribution is -2.16. The molecule has 2 rings (SSSR count). The molecule has 1 amide bonds. The van der Waals surface area contributed by atoms with Crippen molar-refractivity contribution in [1.29, 1.82) is 5.26 Å². The van der Waals surface area contributed by atoms with Crippen molar-refractivity contribution < 1.29 is 9.53 Å². The predicted molar refractivity (Wildman–Crippen MR) is 85.9 cm³/mol. The summed E-state index contributed by atoms with van der Waals surface area (Å²) in [7, 11) is 1.60. The molecule has 0 atom stereocenters. The average molecular weight is 318 g/mol. The Kier molecular flexibility index (Phi) is 4.74. The summed E-state index contributed by atoms with van der Waals surface area (Å²) in [4.78, 5) is 11.7. The van der Waals surface area contributed by atoms with Gasteiger partial charge < -0.3 is 10.1 Å². The summed E-state index contributed by atoms with van der Waals surface area (Å²) in [5.74, 6) is 0.646. The normalized spacial score (nSPS) is 10.1. The smallest absolute Gasteiger partial charge is 0.240 e. The highest BCUT2D eigenvalue weighted by molar-refractivity contribution is 6.29. The standard InChI is InChI=1S/C16H16ClN3O2/c1-10-11(2)20(12-4-6-13(22-3)7-5-12)16(14(10)9-18)19-15(21)8-17/h4-7H,8H2,1-3H3,(H,19,21). The molecule has 0 saturated carbocycles. The zero-order chi connectivity index (χ0) is 16.3. The van der Waals surface area contributed by atoms with Gasteiger partial charge >= 0.3 is 0 Å². The summed E-state index contributed by atoms with van der Waals surface area (Å²) in [6.45, 7) is 3.75. The van der Waals surface area contributed by atoms with E-state index in [2.05, 4.69) is 11.4 Å². The molecule has 0 radical (unpaired) electrons. The van der Waals surface area contributed by atoms with E-state index in [1.807, 2.05) is 42.7 Å². The van der Waals surface area contributed by atoms with Gasteiger partial charge in [-0.25, -0.2) is 0 Å². The van der Waals surface area contributed by atoms with Crippen LogP contribution in [0.25, 0.3) is 5.69 Å². The SMILES string of the molecule is COc1ccc(-n2c(C)c(C)c(C#N)c2NC(=O)CCl)cc1. The zero-order valence-corrected chi connectivity index (χ0v) is 13.4. The summed E-state index contributed by atoms with van der Waals surface area (Å²) in [6.07, 6.45) is 0. The molecule has 1 heterocycles. The number of carbonyl (C=O) groups excluding carboxylic acids is 1. The molecule has 114 valence electrons. The van der Waals surface area contributed by atoms with Crippen LogP contribution in [0.5, 0.6) is 5.75 Å². The van der Waals surface area contributed by atoms with Crippen molar-refractivity contribution in [1.82, 2.24) is 4.57 Å². The maximum absolute atomic E-state index is 11.7. The lowest BCUT2D eigenvalue weighted by Gasteiger charge is -2.13. The van der Waals surface area contributed by atoms with Crippen LogP contribution >= 0.6 is 11.6 Å². The number of anilines is 1. The highest BCUT2D eigenvalue weighted by Gasteiger charge is 2.20. The second-order valence-corrected chi connectivity index (χ2v) is 5.03.